The first-order chi connectivity index (χ1) is 3.39. The van der Waals surface area contributed by atoms with Crippen molar-refractivity contribution < 1.29 is 0 Å². The van der Waals surface area contributed by atoms with E-state index in [0.29, 0.717) is 5.92 Å². The standard InChI is InChI=1S/C7H10.CH4/c1-7-5-3-2-4-6-7;/h3-7H,2H2,1H3;1H4. The summed E-state index contributed by atoms with van der Waals surface area (Å²) in [5.41, 5.74) is 0. The van der Waals surface area contributed by atoms with E-state index < -0.39 is 0 Å². The Balaban J connectivity index is 0.000000490. The van der Waals surface area contributed by atoms with E-state index in [1.165, 1.54) is 0 Å². The van der Waals surface area contributed by atoms with Gasteiger partial charge in [0.1, 0.15) is 0 Å². The van der Waals surface area contributed by atoms with Crippen molar-refractivity contribution in [3.8, 4) is 0 Å². The Morgan fingerprint density at radius 3 is 2.00 bits per heavy atom. The van der Waals surface area contributed by atoms with Crippen molar-refractivity contribution in [1.29, 1.82) is 0 Å². The molecule has 0 aliphatic heterocycles. The molecule has 0 heteroatoms. The van der Waals surface area contributed by atoms with Crippen LogP contribution in [0, 0.1) is 5.92 Å². The SMILES string of the molecule is C.CC1C=CCC=C1. The fourth-order valence-corrected chi connectivity index (χ4v) is 0.729. The number of allylic oxidation sites excluding steroid dienone is 4. The summed E-state index contributed by atoms with van der Waals surface area (Å²) < 4.78 is 0. The van der Waals surface area contributed by atoms with Crippen LogP contribution < -0.4 is 0 Å². The fraction of sp³-hybridized carbons (Fsp3) is 0.500. The van der Waals surface area contributed by atoms with Gasteiger partial charge in [-0.05, 0) is 12.3 Å². The summed E-state index contributed by atoms with van der Waals surface area (Å²) in [6.07, 6.45) is 9.97. The minimum absolute atomic E-state index is 0. The second-order valence-corrected chi connectivity index (χ2v) is 1.95. The molecule has 0 amide bonds. The van der Waals surface area contributed by atoms with Gasteiger partial charge in [-0.25, -0.2) is 0 Å². The maximum atomic E-state index is 2.22. The molecule has 0 heterocycles. The maximum Gasteiger partial charge on any atom is -0.00817 e. The van der Waals surface area contributed by atoms with Gasteiger partial charge in [-0.3, -0.25) is 0 Å². The molecule has 0 atom stereocenters. The largest absolute Gasteiger partial charge is 0.0842 e. The van der Waals surface area contributed by atoms with Gasteiger partial charge in [0.2, 0.25) is 0 Å². The predicted molar refractivity (Wildman–Crippen MR) is 38.8 cm³/mol. The van der Waals surface area contributed by atoms with E-state index in [-0.39, 0.29) is 7.43 Å². The molecular weight excluding hydrogens is 96.1 g/mol. The molecule has 8 heavy (non-hydrogen) atoms. The Hall–Kier alpha value is -0.520. The molecule has 46 valence electrons. The van der Waals surface area contributed by atoms with E-state index >= 15 is 0 Å². The van der Waals surface area contributed by atoms with Crippen molar-refractivity contribution in [2.75, 3.05) is 0 Å². The highest BCUT2D eigenvalue weighted by molar-refractivity contribution is 5.06. The van der Waals surface area contributed by atoms with Crippen LogP contribution in [0.3, 0.4) is 0 Å². The Bertz CT molecular complexity index is 86.6. The minimum atomic E-state index is 0. The van der Waals surface area contributed by atoms with Crippen molar-refractivity contribution in [3.63, 3.8) is 0 Å². The summed E-state index contributed by atoms with van der Waals surface area (Å²) in [7, 11) is 0. The molecule has 1 rings (SSSR count). The molecule has 1 aliphatic rings. The first-order valence-electron chi connectivity index (χ1n) is 2.73. The van der Waals surface area contributed by atoms with Crippen LogP contribution in [0.4, 0.5) is 0 Å². The summed E-state index contributed by atoms with van der Waals surface area (Å²) in [5.74, 6) is 0.675. The van der Waals surface area contributed by atoms with Crippen LogP contribution in [0.1, 0.15) is 20.8 Å². The molecule has 0 saturated carbocycles. The summed E-state index contributed by atoms with van der Waals surface area (Å²) in [6.45, 7) is 2.19. The first-order valence-corrected chi connectivity index (χ1v) is 2.73. The molecule has 1 aliphatic carbocycles. The lowest BCUT2D eigenvalue weighted by molar-refractivity contribution is 0.911. The predicted octanol–water partition coefficient (Wildman–Crippen LogP) is 2.77. The second-order valence-electron chi connectivity index (χ2n) is 1.95. The fourth-order valence-electron chi connectivity index (χ4n) is 0.729. The van der Waals surface area contributed by atoms with Crippen LogP contribution in [-0.2, 0) is 0 Å². The Kier molecular flexibility index (Phi) is 3.25. The average molecular weight is 110 g/mol. The zero-order chi connectivity index (χ0) is 5.11. The normalized spacial score (nSPS) is 18.1. The smallest absolute Gasteiger partial charge is 0.00817 e. The summed E-state index contributed by atoms with van der Waals surface area (Å²) in [6, 6.07) is 0. The number of rotatable bonds is 0. The van der Waals surface area contributed by atoms with Crippen LogP contribution in [-0.4, -0.2) is 0 Å². The zero-order valence-corrected chi connectivity index (χ0v) is 4.59. The molecule has 0 aromatic carbocycles. The average Bonchev–Trinajstić information content (AvgIpc) is 1.69. The molecule has 0 aromatic rings. The molecule has 0 N–H and O–H groups in total. The Labute approximate surface area is 51.9 Å². The second kappa shape index (κ2) is 3.48. The van der Waals surface area contributed by atoms with E-state index in [1.54, 1.807) is 0 Å². The molecule has 0 spiro atoms. The Morgan fingerprint density at radius 2 is 1.75 bits per heavy atom. The van der Waals surface area contributed by atoms with E-state index in [2.05, 4.69) is 31.2 Å². The first kappa shape index (κ1) is 7.48. The molecule has 0 nitrogen and oxygen atoms in total. The van der Waals surface area contributed by atoms with Gasteiger partial charge in [0.25, 0.3) is 0 Å². The molecule has 0 fully saturated rings. The summed E-state index contributed by atoms with van der Waals surface area (Å²) in [4.78, 5) is 0. The highest BCUT2D eigenvalue weighted by Crippen LogP contribution is 2.06. The van der Waals surface area contributed by atoms with Gasteiger partial charge in [-0.1, -0.05) is 38.7 Å². The third kappa shape index (κ3) is 1.97. The van der Waals surface area contributed by atoms with Crippen molar-refractivity contribution >= 4 is 0 Å². The lowest BCUT2D eigenvalue weighted by Gasteiger charge is -1.99. The van der Waals surface area contributed by atoms with E-state index in [0.717, 1.165) is 6.42 Å². The van der Waals surface area contributed by atoms with E-state index in [4.69, 9.17) is 0 Å². The Morgan fingerprint density at radius 1 is 1.25 bits per heavy atom. The van der Waals surface area contributed by atoms with Crippen LogP contribution >= 0.6 is 0 Å². The highest BCUT2D eigenvalue weighted by atomic mass is 14.0. The molecule has 0 bridgehead atoms. The minimum Gasteiger partial charge on any atom is -0.0842 e. The highest BCUT2D eigenvalue weighted by Gasteiger charge is 1.90. The summed E-state index contributed by atoms with van der Waals surface area (Å²) >= 11 is 0. The van der Waals surface area contributed by atoms with Gasteiger partial charge >= 0.3 is 0 Å². The zero-order valence-electron chi connectivity index (χ0n) is 4.59. The molecule has 0 aromatic heterocycles. The van der Waals surface area contributed by atoms with Crippen LogP contribution in [0.5, 0.6) is 0 Å². The quantitative estimate of drug-likeness (QED) is 0.421. The number of hydrogen-bond acceptors (Lipinski definition) is 0. The van der Waals surface area contributed by atoms with Crippen LogP contribution in [0.2, 0.25) is 0 Å². The van der Waals surface area contributed by atoms with Gasteiger partial charge < -0.3 is 0 Å². The van der Waals surface area contributed by atoms with E-state index in [1.807, 2.05) is 0 Å². The monoisotopic (exact) mass is 110 g/mol. The molecule has 0 radical (unpaired) electrons. The van der Waals surface area contributed by atoms with Crippen molar-refractivity contribution in [2.45, 2.75) is 20.8 Å². The maximum absolute atomic E-state index is 2.22. The van der Waals surface area contributed by atoms with Crippen molar-refractivity contribution in [1.82, 2.24) is 0 Å². The van der Waals surface area contributed by atoms with Gasteiger partial charge in [0, 0.05) is 0 Å². The van der Waals surface area contributed by atoms with Gasteiger partial charge in [-0.15, -0.1) is 0 Å². The lowest BCUT2D eigenvalue weighted by Crippen LogP contribution is -1.84. The molecule has 0 saturated heterocycles. The van der Waals surface area contributed by atoms with Gasteiger partial charge in [-0.2, -0.15) is 0 Å². The van der Waals surface area contributed by atoms with Crippen molar-refractivity contribution in [3.05, 3.63) is 24.3 Å². The molecular formula is C8H14. The third-order valence-electron chi connectivity index (χ3n) is 1.15. The lowest BCUT2D eigenvalue weighted by atomic mass is 10.1. The topological polar surface area (TPSA) is 0 Å². The summed E-state index contributed by atoms with van der Waals surface area (Å²) in [5, 5.41) is 0. The van der Waals surface area contributed by atoms with Gasteiger partial charge in [0.05, 0.1) is 0 Å². The van der Waals surface area contributed by atoms with Crippen LogP contribution in [0.25, 0.3) is 0 Å². The van der Waals surface area contributed by atoms with Crippen LogP contribution in [0.15, 0.2) is 24.3 Å². The third-order valence-corrected chi connectivity index (χ3v) is 1.15. The van der Waals surface area contributed by atoms with Gasteiger partial charge in [0.15, 0.2) is 0 Å². The van der Waals surface area contributed by atoms with Crippen molar-refractivity contribution in [2.24, 2.45) is 5.92 Å². The molecule has 0 unspecified atom stereocenters. The number of hydrogen-bond donors (Lipinski definition) is 0. The van der Waals surface area contributed by atoms with E-state index in [9.17, 15) is 0 Å².